The van der Waals surface area contributed by atoms with Gasteiger partial charge >= 0.3 is 6.09 Å². The molecule has 0 saturated heterocycles. The van der Waals surface area contributed by atoms with Crippen LogP contribution in [0.15, 0.2) is 5.38 Å². The molecule has 0 atom stereocenters. The second-order valence-electron chi connectivity index (χ2n) is 4.09. The van der Waals surface area contributed by atoms with Crippen molar-refractivity contribution >= 4 is 17.4 Å². The zero-order chi connectivity index (χ0) is 12.7. The van der Waals surface area contributed by atoms with Crippen molar-refractivity contribution in [3.05, 3.63) is 16.9 Å². The van der Waals surface area contributed by atoms with Gasteiger partial charge in [-0.25, -0.2) is 9.78 Å². The van der Waals surface area contributed by atoms with Gasteiger partial charge in [0.1, 0.15) is 0 Å². The Morgan fingerprint density at radius 2 is 2.28 bits per heavy atom. The summed E-state index contributed by atoms with van der Waals surface area (Å²) in [5.74, 6) is 1.40. The number of aromatic nitrogens is 4. The molecule has 0 unspecified atom stereocenters. The van der Waals surface area contributed by atoms with E-state index in [1.165, 1.54) is 16.2 Å². The number of carboxylic acid groups (broad SMARTS) is 1. The first kappa shape index (κ1) is 11.1. The lowest BCUT2D eigenvalue weighted by atomic mass is 10.3. The van der Waals surface area contributed by atoms with E-state index in [-0.39, 0.29) is 6.54 Å². The van der Waals surface area contributed by atoms with Gasteiger partial charge in [-0.05, 0) is 6.92 Å². The fourth-order valence-corrected chi connectivity index (χ4v) is 2.72. The number of aryl methyl sites for hydroxylation is 1. The second-order valence-corrected chi connectivity index (χ2v) is 4.95. The van der Waals surface area contributed by atoms with Gasteiger partial charge in [0.15, 0.2) is 16.7 Å². The number of nitrogens with zero attached hydrogens (tertiary/aromatic N) is 5. The fraction of sp³-hybridized carbons (Fsp3) is 0.400. The molecule has 0 saturated carbocycles. The van der Waals surface area contributed by atoms with Crippen molar-refractivity contribution in [2.75, 3.05) is 6.54 Å². The highest BCUT2D eigenvalue weighted by molar-refractivity contribution is 7.13. The Labute approximate surface area is 107 Å². The van der Waals surface area contributed by atoms with Gasteiger partial charge in [0.25, 0.3) is 0 Å². The van der Waals surface area contributed by atoms with E-state index in [0.29, 0.717) is 18.9 Å². The van der Waals surface area contributed by atoms with E-state index >= 15 is 0 Å². The topological polar surface area (TPSA) is 84.1 Å². The lowest BCUT2D eigenvalue weighted by Gasteiger charge is -2.24. The van der Waals surface area contributed by atoms with E-state index < -0.39 is 6.09 Å². The van der Waals surface area contributed by atoms with Crippen LogP contribution >= 0.6 is 11.3 Å². The van der Waals surface area contributed by atoms with Crippen LogP contribution in [0.3, 0.4) is 0 Å². The maximum absolute atomic E-state index is 10.9. The van der Waals surface area contributed by atoms with Crippen LogP contribution in [-0.4, -0.2) is 42.4 Å². The van der Waals surface area contributed by atoms with Crippen LogP contribution < -0.4 is 0 Å². The van der Waals surface area contributed by atoms with Crippen molar-refractivity contribution in [3.8, 4) is 10.8 Å². The minimum absolute atomic E-state index is 0.284. The average molecular weight is 265 g/mol. The minimum Gasteiger partial charge on any atom is -0.465 e. The van der Waals surface area contributed by atoms with Gasteiger partial charge in [-0.15, -0.1) is 21.5 Å². The van der Waals surface area contributed by atoms with Gasteiger partial charge in [-0.1, -0.05) is 0 Å². The molecule has 2 aromatic heterocycles. The van der Waals surface area contributed by atoms with E-state index in [0.717, 1.165) is 16.5 Å². The van der Waals surface area contributed by atoms with Crippen molar-refractivity contribution in [2.45, 2.75) is 20.0 Å². The Bertz CT molecular complexity index is 605. The third-order valence-electron chi connectivity index (χ3n) is 2.83. The smallest absolute Gasteiger partial charge is 0.407 e. The molecule has 2 aromatic rings. The van der Waals surface area contributed by atoms with Gasteiger partial charge < -0.3 is 9.67 Å². The lowest BCUT2D eigenvalue weighted by molar-refractivity contribution is 0.132. The minimum atomic E-state index is -0.920. The number of amides is 1. The van der Waals surface area contributed by atoms with Crippen LogP contribution in [0, 0.1) is 6.92 Å². The third-order valence-corrected chi connectivity index (χ3v) is 3.79. The number of rotatable bonds is 1. The van der Waals surface area contributed by atoms with E-state index in [1.807, 2.05) is 16.9 Å². The van der Waals surface area contributed by atoms with Gasteiger partial charge in [-0.2, -0.15) is 0 Å². The summed E-state index contributed by atoms with van der Waals surface area (Å²) in [6.07, 6.45) is -0.920. The van der Waals surface area contributed by atoms with Crippen LogP contribution in [0.4, 0.5) is 4.79 Å². The predicted octanol–water partition coefficient (Wildman–Crippen LogP) is 1.20. The van der Waals surface area contributed by atoms with E-state index in [1.54, 1.807) is 0 Å². The summed E-state index contributed by atoms with van der Waals surface area (Å²) in [5.41, 5.74) is 0.954. The number of hydrogen-bond acceptors (Lipinski definition) is 5. The highest BCUT2D eigenvalue weighted by atomic mass is 32.1. The Morgan fingerprint density at radius 3 is 2.94 bits per heavy atom. The van der Waals surface area contributed by atoms with Gasteiger partial charge in [0.05, 0.1) is 6.54 Å². The SMILES string of the molecule is Cc1csc(-c2nnc3n2CCN(C(=O)O)C3)n1. The maximum Gasteiger partial charge on any atom is 0.407 e. The monoisotopic (exact) mass is 265 g/mol. The zero-order valence-electron chi connectivity index (χ0n) is 9.70. The van der Waals surface area contributed by atoms with E-state index in [2.05, 4.69) is 15.2 Å². The van der Waals surface area contributed by atoms with Gasteiger partial charge in [0, 0.05) is 24.2 Å². The molecule has 1 N–H and O–H groups in total. The fourth-order valence-electron chi connectivity index (χ4n) is 1.94. The first-order chi connectivity index (χ1) is 8.65. The average Bonchev–Trinajstić information content (AvgIpc) is 2.93. The van der Waals surface area contributed by atoms with Crippen LogP contribution in [0.1, 0.15) is 11.5 Å². The van der Waals surface area contributed by atoms with Crippen LogP contribution in [0.2, 0.25) is 0 Å². The molecular formula is C10H11N5O2S. The number of hydrogen-bond donors (Lipinski definition) is 1. The van der Waals surface area contributed by atoms with E-state index in [9.17, 15) is 4.79 Å². The first-order valence-corrected chi connectivity index (χ1v) is 6.35. The molecule has 0 fully saturated rings. The Hall–Kier alpha value is -1.96. The molecule has 8 heteroatoms. The maximum atomic E-state index is 10.9. The summed E-state index contributed by atoms with van der Waals surface area (Å²) in [5, 5.41) is 19.9. The van der Waals surface area contributed by atoms with Crippen LogP contribution in [0.5, 0.6) is 0 Å². The summed E-state index contributed by atoms with van der Waals surface area (Å²) >= 11 is 1.52. The molecule has 3 heterocycles. The largest absolute Gasteiger partial charge is 0.465 e. The van der Waals surface area contributed by atoms with Crippen molar-refractivity contribution < 1.29 is 9.90 Å². The third kappa shape index (κ3) is 1.74. The quantitative estimate of drug-likeness (QED) is 0.837. The molecule has 18 heavy (non-hydrogen) atoms. The van der Waals surface area contributed by atoms with Gasteiger partial charge in [0.2, 0.25) is 0 Å². The second kappa shape index (κ2) is 4.05. The molecular weight excluding hydrogens is 254 g/mol. The number of carbonyl (C=O) groups is 1. The Balaban J connectivity index is 1.95. The molecule has 0 aromatic carbocycles. The van der Waals surface area contributed by atoms with Crippen LogP contribution in [-0.2, 0) is 13.1 Å². The van der Waals surface area contributed by atoms with Crippen molar-refractivity contribution in [3.63, 3.8) is 0 Å². The summed E-state index contributed by atoms with van der Waals surface area (Å²) in [4.78, 5) is 16.6. The highest BCUT2D eigenvalue weighted by Crippen LogP contribution is 2.24. The molecule has 0 radical (unpaired) electrons. The van der Waals surface area contributed by atoms with Crippen molar-refractivity contribution in [2.24, 2.45) is 0 Å². The molecule has 1 aliphatic rings. The number of thiazole rings is 1. The van der Waals surface area contributed by atoms with Crippen LogP contribution in [0.25, 0.3) is 10.8 Å². The first-order valence-electron chi connectivity index (χ1n) is 5.47. The normalized spacial score (nSPS) is 14.6. The summed E-state index contributed by atoms with van der Waals surface area (Å²) in [6.45, 7) is 3.24. The van der Waals surface area contributed by atoms with Gasteiger partial charge in [-0.3, -0.25) is 4.90 Å². The standard InChI is InChI=1S/C10H11N5O2S/c1-6-5-18-9(11-6)8-13-12-7-4-14(10(16)17)2-3-15(7)8/h5H,2-4H2,1H3,(H,16,17). The molecule has 1 amide bonds. The van der Waals surface area contributed by atoms with Crippen molar-refractivity contribution in [1.82, 2.24) is 24.6 Å². The van der Waals surface area contributed by atoms with Crippen molar-refractivity contribution in [1.29, 1.82) is 0 Å². The van der Waals surface area contributed by atoms with E-state index in [4.69, 9.17) is 5.11 Å². The molecule has 3 rings (SSSR count). The molecule has 0 bridgehead atoms. The predicted molar refractivity (Wildman–Crippen MR) is 64.3 cm³/mol. The molecule has 0 spiro atoms. The molecule has 7 nitrogen and oxygen atoms in total. The molecule has 0 aliphatic carbocycles. The lowest BCUT2D eigenvalue weighted by Crippen LogP contribution is -2.37. The summed E-state index contributed by atoms with van der Waals surface area (Å²) in [7, 11) is 0. The number of fused-ring (bicyclic) bond motifs is 1. The zero-order valence-corrected chi connectivity index (χ0v) is 10.5. The summed E-state index contributed by atoms with van der Waals surface area (Å²) in [6, 6.07) is 0. The highest BCUT2D eigenvalue weighted by Gasteiger charge is 2.25. The Kier molecular flexibility index (Phi) is 2.51. The Morgan fingerprint density at radius 1 is 1.44 bits per heavy atom. The summed E-state index contributed by atoms with van der Waals surface area (Å²) < 4.78 is 1.94. The molecule has 1 aliphatic heterocycles. The molecule has 94 valence electrons.